The van der Waals surface area contributed by atoms with Crippen LogP contribution in [0.2, 0.25) is 0 Å². The Morgan fingerprint density at radius 3 is 2.55 bits per heavy atom. The van der Waals surface area contributed by atoms with Crippen LogP contribution in [-0.2, 0) is 11.4 Å². The van der Waals surface area contributed by atoms with Gasteiger partial charge in [-0.05, 0) is 17.7 Å². The van der Waals surface area contributed by atoms with Gasteiger partial charge in [-0.1, -0.05) is 57.5 Å². The van der Waals surface area contributed by atoms with Crippen LogP contribution in [0.3, 0.4) is 0 Å². The molecular weight excluding hydrogens is 328 g/mol. The van der Waals surface area contributed by atoms with E-state index in [4.69, 9.17) is 4.84 Å². The van der Waals surface area contributed by atoms with Gasteiger partial charge in [0.2, 0.25) is 0 Å². The summed E-state index contributed by atoms with van der Waals surface area (Å²) >= 11 is 3.34. The van der Waals surface area contributed by atoms with Gasteiger partial charge < -0.3 is 4.84 Å². The Morgan fingerprint density at radius 1 is 1.15 bits per heavy atom. The van der Waals surface area contributed by atoms with E-state index in [2.05, 4.69) is 27.3 Å². The van der Waals surface area contributed by atoms with Crippen LogP contribution in [0.4, 0.5) is 8.78 Å². The monoisotopic (exact) mass is 338 g/mol. The summed E-state index contributed by atoms with van der Waals surface area (Å²) in [7, 11) is 0. The van der Waals surface area contributed by atoms with Gasteiger partial charge in [0, 0.05) is 15.6 Å². The molecule has 0 unspecified atom stereocenters. The second-order valence-electron chi connectivity index (χ2n) is 4.03. The number of nitrogens with zero attached hydrogens (tertiary/aromatic N) is 1. The maximum Gasteiger partial charge on any atom is 0.263 e. The molecule has 0 saturated carbocycles. The minimum absolute atomic E-state index is 0.00190. The lowest BCUT2D eigenvalue weighted by Crippen LogP contribution is -1.90. The highest BCUT2D eigenvalue weighted by Crippen LogP contribution is 2.18. The van der Waals surface area contributed by atoms with Crippen LogP contribution >= 0.6 is 15.9 Å². The molecule has 1 radical (unpaired) electrons. The third-order valence-electron chi connectivity index (χ3n) is 2.53. The van der Waals surface area contributed by atoms with Gasteiger partial charge in [0.25, 0.3) is 6.43 Å². The number of benzene rings is 2. The van der Waals surface area contributed by atoms with Gasteiger partial charge in [-0.15, -0.1) is 0 Å². The molecule has 2 rings (SSSR count). The number of halogens is 3. The Kier molecular flexibility index (Phi) is 5.24. The van der Waals surface area contributed by atoms with Gasteiger partial charge in [0.1, 0.15) is 12.8 Å². The standard InChI is InChI=1S/C15H11BrF2NO/c16-14-3-1-2-12(8-14)9-19-20-10-11-4-6-13(7-5-11)15(17)18/h1-8,15H,10H2. The van der Waals surface area contributed by atoms with E-state index in [0.29, 0.717) is 0 Å². The van der Waals surface area contributed by atoms with Crippen molar-refractivity contribution in [2.24, 2.45) is 5.16 Å². The van der Waals surface area contributed by atoms with Crippen LogP contribution in [0.25, 0.3) is 0 Å². The zero-order valence-electron chi connectivity index (χ0n) is 10.4. The van der Waals surface area contributed by atoms with Crippen molar-refractivity contribution in [1.82, 2.24) is 0 Å². The zero-order chi connectivity index (χ0) is 14.4. The van der Waals surface area contributed by atoms with Gasteiger partial charge in [-0.25, -0.2) is 8.78 Å². The van der Waals surface area contributed by atoms with Gasteiger partial charge in [-0.2, -0.15) is 0 Å². The van der Waals surface area contributed by atoms with E-state index < -0.39 is 6.43 Å². The summed E-state index contributed by atoms with van der Waals surface area (Å²) in [5.41, 5.74) is 1.56. The molecule has 0 amide bonds. The molecule has 0 spiro atoms. The number of hydrogen-bond donors (Lipinski definition) is 0. The van der Waals surface area contributed by atoms with Gasteiger partial charge in [0.05, 0.1) is 0 Å². The van der Waals surface area contributed by atoms with Crippen LogP contribution in [0.5, 0.6) is 0 Å². The lowest BCUT2D eigenvalue weighted by atomic mass is 10.1. The lowest BCUT2D eigenvalue weighted by molar-refractivity contribution is 0.131. The molecule has 0 bridgehead atoms. The van der Waals surface area contributed by atoms with Crippen LogP contribution in [-0.4, -0.2) is 6.21 Å². The summed E-state index contributed by atoms with van der Waals surface area (Å²) in [6.45, 7) is 0.213. The topological polar surface area (TPSA) is 21.6 Å². The SMILES string of the molecule is FC(F)c1ccc(CO/N=[C]\c2cccc(Br)c2)cc1. The van der Waals surface area contributed by atoms with Crippen LogP contribution in [0.15, 0.2) is 58.2 Å². The Balaban J connectivity index is 1.86. The molecule has 20 heavy (non-hydrogen) atoms. The molecule has 2 nitrogen and oxygen atoms in total. The number of hydrogen-bond acceptors (Lipinski definition) is 2. The Hall–Kier alpha value is -1.75. The Labute approximate surface area is 124 Å². The van der Waals surface area contributed by atoms with Crippen molar-refractivity contribution in [2.45, 2.75) is 13.0 Å². The normalized spacial score (nSPS) is 11.2. The second kappa shape index (κ2) is 7.14. The Bertz CT molecular complexity index is 585. The first kappa shape index (κ1) is 14.7. The summed E-state index contributed by atoms with van der Waals surface area (Å²) in [5, 5.41) is 3.72. The van der Waals surface area contributed by atoms with Crippen LogP contribution in [0.1, 0.15) is 23.1 Å². The molecule has 0 heterocycles. The van der Waals surface area contributed by atoms with Crippen molar-refractivity contribution in [1.29, 1.82) is 0 Å². The van der Waals surface area contributed by atoms with Crippen molar-refractivity contribution in [2.75, 3.05) is 0 Å². The van der Waals surface area contributed by atoms with Gasteiger partial charge >= 0.3 is 0 Å². The fraction of sp³-hybridized carbons (Fsp3) is 0.133. The highest BCUT2D eigenvalue weighted by molar-refractivity contribution is 9.10. The molecule has 0 aliphatic carbocycles. The maximum absolute atomic E-state index is 12.4. The smallest absolute Gasteiger partial charge is 0.263 e. The van der Waals surface area contributed by atoms with E-state index in [1.807, 2.05) is 24.3 Å². The average molecular weight is 339 g/mol. The maximum atomic E-state index is 12.4. The summed E-state index contributed by atoms with van der Waals surface area (Å²) in [6.07, 6.45) is 0.287. The van der Waals surface area contributed by atoms with Crippen LogP contribution < -0.4 is 0 Å². The first-order chi connectivity index (χ1) is 9.65. The van der Waals surface area contributed by atoms with E-state index in [0.717, 1.165) is 15.6 Å². The molecule has 5 heteroatoms. The van der Waals surface area contributed by atoms with E-state index >= 15 is 0 Å². The first-order valence-electron chi connectivity index (χ1n) is 5.86. The molecule has 0 aliphatic heterocycles. The van der Waals surface area contributed by atoms with Crippen molar-refractivity contribution in [3.05, 3.63) is 69.7 Å². The molecule has 0 fully saturated rings. The number of alkyl halides is 2. The number of rotatable bonds is 5. The summed E-state index contributed by atoms with van der Waals surface area (Å²) in [5.74, 6) is 0. The molecule has 0 aliphatic rings. The van der Waals surface area contributed by atoms with Crippen molar-refractivity contribution in [3.63, 3.8) is 0 Å². The summed E-state index contributed by atoms with van der Waals surface area (Å²) < 4.78 is 25.7. The quantitative estimate of drug-likeness (QED) is 0.566. The highest BCUT2D eigenvalue weighted by Gasteiger charge is 2.05. The van der Waals surface area contributed by atoms with E-state index in [-0.39, 0.29) is 12.2 Å². The zero-order valence-corrected chi connectivity index (χ0v) is 12.0. The predicted octanol–water partition coefficient (Wildman–Crippen LogP) is 4.81. The van der Waals surface area contributed by atoms with Crippen molar-refractivity contribution >= 4 is 22.1 Å². The predicted molar refractivity (Wildman–Crippen MR) is 76.9 cm³/mol. The Morgan fingerprint density at radius 2 is 1.90 bits per heavy atom. The van der Waals surface area contributed by atoms with Crippen molar-refractivity contribution < 1.29 is 13.6 Å². The second-order valence-corrected chi connectivity index (χ2v) is 4.94. The van der Waals surface area contributed by atoms with E-state index in [1.165, 1.54) is 12.1 Å². The average Bonchev–Trinajstić information content (AvgIpc) is 2.44. The molecule has 0 atom stereocenters. The van der Waals surface area contributed by atoms with E-state index in [1.54, 1.807) is 12.1 Å². The summed E-state index contributed by atoms with van der Waals surface area (Å²) in [6, 6.07) is 13.4. The first-order valence-corrected chi connectivity index (χ1v) is 6.65. The molecule has 0 saturated heterocycles. The fourth-order valence-electron chi connectivity index (χ4n) is 1.51. The van der Waals surface area contributed by atoms with E-state index in [9.17, 15) is 8.78 Å². The lowest BCUT2D eigenvalue weighted by Gasteiger charge is -2.02. The minimum atomic E-state index is -2.45. The minimum Gasteiger partial charge on any atom is -0.390 e. The van der Waals surface area contributed by atoms with Crippen LogP contribution in [0, 0.1) is 0 Å². The molecular formula is C15H11BrF2NO. The van der Waals surface area contributed by atoms with Crippen molar-refractivity contribution in [3.8, 4) is 0 Å². The highest BCUT2D eigenvalue weighted by atomic mass is 79.9. The third kappa shape index (κ3) is 4.42. The molecule has 2 aromatic carbocycles. The summed E-state index contributed by atoms with van der Waals surface area (Å²) in [4.78, 5) is 5.07. The molecule has 0 aromatic heterocycles. The van der Waals surface area contributed by atoms with Gasteiger partial charge in [-0.3, -0.25) is 0 Å². The van der Waals surface area contributed by atoms with Gasteiger partial charge in [0.15, 0.2) is 0 Å². The largest absolute Gasteiger partial charge is 0.390 e. The molecule has 0 N–H and O–H groups in total. The molecule has 2 aromatic rings. The fourth-order valence-corrected chi connectivity index (χ4v) is 1.91. The molecule has 103 valence electrons. The third-order valence-corrected chi connectivity index (χ3v) is 3.02.